The maximum Gasteiger partial charge on any atom is 0.414 e. The molecule has 4 aliphatic heterocycles. The summed E-state index contributed by atoms with van der Waals surface area (Å²) in [6, 6.07) is 4.02. The first-order valence-electron chi connectivity index (χ1n) is 11.8. The maximum atomic E-state index is 13.6. The third-order valence-corrected chi connectivity index (χ3v) is 9.82. The number of benzene rings is 1. The minimum Gasteiger partial charge on any atom is -0.467 e. The molecule has 9 heteroatoms. The van der Waals surface area contributed by atoms with Crippen LogP contribution in [0.4, 0.5) is 10.5 Å². The summed E-state index contributed by atoms with van der Waals surface area (Å²) < 4.78 is 22.1. The van der Waals surface area contributed by atoms with Gasteiger partial charge in [0, 0.05) is 11.5 Å². The molecule has 2 saturated heterocycles. The minimum atomic E-state index is -1.87. The number of esters is 1. The Labute approximate surface area is 191 Å². The lowest BCUT2D eigenvalue weighted by Crippen LogP contribution is -2.86. The van der Waals surface area contributed by atoms with Gasteiger partial charge in [-0.15, -0.1) is 0 Å². The lowest BCUT2D eigenvalue weighted by molar-refractivity contribution is -0.227. The minimum absolute atomic E-state index is 0.0571. The molecule has 5 atom stereocenters. The summed E-state index contributed by atoms with van der Waals surface area (Å²) in [6.07, 6.45) is 3.70. The zero-order valence-electron chi connectivity index (χ0n) is 18.9. The van der Waals surface area contributed by atoms with E-state index in [2.05, 4.69) is 4.90 Å². The van der Waals surface area contributed by atoms with Crippen LogP contribution in [-0.4, -0.2) is 73.4 Å². The number of carbonyl (C=O) groups excluding carboxylic acids is 2. The predicted molar refractivity (Wildman–Crippen MR) is 114 cm³/mol. The third kappa shape index (κ3) is 1.82. The molecule has 1 amide bonds. The van der Waals surface area contributed by atoms with Gasteiger partial charge in [0.1, 0.15) is 5.54 Å². The number of methoxy groups -OCH3 is 2. The van der Waals surface area contributed by atoms with Crippen LogP contribution in [0.15, 0.2) is 12.1 Å². The van der Waals surface area contributed by atoms with Crippen LogP contribution in [0.3, 0.4) is 0 Å². The summed E-state index contributed by atoms with van der Waals surface area (Å²) in [6.45, 7) is 1.90. The van der Waals surface area contributed by atoms with Gasteiger partial charge in [-0.05, 0) is 68.7 Å². The molecule has 7 aliphatic rings. The van der Waals surface area contributed by atoms with Crippen molar-refractivity contribution in [3.8, 4) is 11.5 Å². The van der Waals surface area contributed by atoms with Crippen LogP contribution in [-0.2, 0) is 19.7 Å². The second-order valence-electron chi connectivity index (χ2n) is 10.5. The molecule has 3 spiro atoms. The van der Waals surface area contributed by atoms with Gasteiger partial charge in [0.05, 0.1) is 19.9 Å². The van der Waals surface area contributed by atoms with Gasteiger partial charge >= 0.3 is 12.1 Å². The van der Waals surface area contributed by atoms with E-state index in [4.69, 9.17) is 18.9 Å². The zero-order chi connectivity index (χ0) is 22.8. The van der Waals surface area contributed by atoms with E-state index in [1.165, 1.54) is 14.2 Å². The molecule has 0 aromatic heterocycles. The highest BCUT2D eigenvalue weighted by Crippen LogP contribution is 2.78. The summed E-state index contributed by atoms with van der Waals surface area (Å²) in [5.74, 6) is 0.354. The first-order valence-corrected chi connectivity index (χ1v) is 11.8. The largest absolute Gasteiger partial charge is 0.467 e. The Hall–Kier alpha value is -2.52. The molecule has 5 fully saturated rings. The van der Waals surface area contributed by atoms with Crippen molar-refractivity contribution in [3.63, 3.8) is 0 Å². The molecule has 4 heterocycles. The summed E-state index contributed by atoms with van der Waals surface area (Å²) in [5, 5.41) is 12.5. The molecule has 3 saturated carbocycles. The van der Waals surface area contributed by atoms with Crippen LogP contribution in [0, 0.1) is 5.41 Å². The summed E-state index contributed by atoms with van der Waals surface area (Å²) in [4.78, 5) is 31.1. The highest BCUT2D eigenvalue weighted by Gasteiger charge is 2.87. The van der Waals surface area contributed by atoms with Crippen molar-refractivity contribution in [2.45, 2.75) is 61.1 Å². The van der Waals surface area contributed by atoms with Crippen molar-refractivity contribution in [2.75, 3.05) is 39.0 Å². The molecule has 0 unspecified atom stereocenters. The second-order valence-corrected chi connectivity index (χ2v) is 10.5. The smallest absolute Gasteiger partial charge is 0.414 e. The van der Waals surface area contributed by atoms with Crippen molar-refractivity contribution in [1.82, 2.24) is 4.90 Å². The standard InChI is InChI=1S/C24H28N2O7/c1-30-19(27)23(29)12-21-6-3-10-25-11-9-22(18(21)25)14-4-5-15-17(33-13-32-15)16(14)26(20(28)31-2)24(22,23)8-7-21/h4-5,18,29H,3,6-13H2,1-2H3/t18-,21+,22+,23+,24-/m0/s1. The molecule has 2 bridgehead atoms. The molecule has 176 valence electrons. The van der Waals surface area contributed by atoms with Crippen molar-refractivity contribution in [1.29, 1.82) is 0 Å². The quantitative estimate of drug-likeness (QED) is 0.641. The van der Waals surface area contributed by atoms with Crippen LogP contribution in [0.25, 0.3) is 0 Å². The topological polar surface area (TPSA) is 97.8 Å². The number of fused-ring (bicyclic) bond motifs is 5. The summed E-state index contributed by atoms with van der Waals surface area (Å²) >= 11 is 0. The van der Waals surface area contributed by atoms with Gasteiger partial charge in [0.25, 0.3) is 0 Å². The Bertz CT molecular complexity index is 1110. The fraction of sp³-hybridized carbons (Fsp3) is 0.667. The number of anilines is 1. The van der Waals surface area contributed by atoms with Gasteiger partial charge in [0.15, 0.2) is 17.1 Å². The Morgan fingerprint density at radius 3 is 2.73 bits per heavy atom. The van der Waals surface area contributed by atoms with Crippen LogP contribution >= 0.6 is 0 Å². The van der Waals surface area contributed by atoms with E-state index in [-0.39, 0.29) is 24.7 Å². The van der Waals surface area contributed by atoms with Gasteiger partial charge in [-0.2, -0.15) is 0 Å². The van der Waals surface area contributed by atoms with Gasteiger partial charge in [-0.3, -0.25) is 9.80 Å². The number of hydrogen-bond donors (Lipinski definition) is 1. The van der Waals surface area contributed by atoms with Gasteiger partial charge < -0.3 is 24.1 Å². The number of aliphatic hydroxyl groups is 1. The molecule has 1 aromatic carbocycles. The molecule has 3 aliphatic carbocycles. The molecular formula is C24H28N2O7. The maximum absolute atomic E-state index is 13.6. The van der Waals surface area contributed by atoms with Crippen molar-refractivity contribution in [2.24, 2.45) is 5.41 Å². The lowest BCUT2D eigenvalue weighted by Gasteiger charge is -2.71. The molecular weight excluding hydrogens is 428 g/mol. The van der Waals surface area contributed by atoms with Crippen LogP contribution in [0.1, 0.15) is 44.1 Å². The number of hydrogen-bond acceptors (Lipinski definition) is 8. The number of amides is 1. The number of ether oxygens (including phenoxy) is 4. The Kier molecular flexibility index (Phi) is 3.58. The van der Waals surface area contributed by atoms with Crippen LogP contribution in [0.5, 0.6) is 11.5 Å². The van der Waals surface area contributed by atoms with Crippen LogP contribution < -0.4 is 14.4 Å². The van der Waals surface area contributed by atoms with E-state index in [1.807, 2.05) is 12.1 Å². The SMILES string of the molecule is COC(=O)N1c2c(ccc3c2OCO3)[C@@]23CCN4CCC[C@]5(CC[C@]12[C@](O)(C(=O)OC)C5)[C@H]43. The third-order valence-electron chi connectivity index (χ3n) is 9.82. The molecule has 0 radical (unpaired) electrons. The van der Waals surface area contributed by atoms with E-state index < -0.39 is 28.6 Å². The van der Waals surface area contributed by atoms with E-state index >= 15 is 0 Å². The van der Waals surface area contributed by atoms with E-state index in [0.29, 0.717) is 23.6 Å². The van der Waals surface area contributed by atoms with Crippen molar-refractivity contribution < 1.29 is 33.6 Å². The number of rotatable bonds is 1. The molecule has 1 N–H and O–H groups in total. The van der Waals surface area contributed by atoms with Crippen molar-refractivity contribution in [3.05, 3.63) is 17.7 Å². The lowest BCUT2D eigenvalue weighted by atomic mass is 9.37. The van der Waals surface area contributed by atoms with E-state index in [9.17, 15) is 14.7 Å². The average molecular weight is 456 g/mol. The number of piperidine rings is 1. The molecule has 8 rings (SSSR count). The number of nitrogens with zero attached hydrogens (tertiary/aromatic N) is 2. The van der Waals surface area contributed by atoms with Crippen LogP contribution in [0.2, 0.25) is 0 Å². The Morgan fingerprint density at radius 1 is 1.09 bits per heavy atom. The first kappa shape index (κ1) is 19.9. The Morgan fingerprint density at radius 2 is 1.94 bits per heavy atom. The van der Waals surface area contributed by atoms with E-state index in [1.54, 1.807) is 4.90 Å². The Balaban J connectivity index is 1.62. The summed E-state index contributed by atoms with van der Waals surface area (Å²) in [5.41, 5.74) is -2.45. The van der Waals surface area contributed by atoms with Gasteiger partial charge in [0.2, 0.25) is 6.79 Å². The first-order chi connectivity index (χ1) is 15.9. The monoisotopic (exact) mass is 456 g/mol. The van der Waals surface area contributed by atoms with E-state index in [0.717, 1.165) is 44.3 Å². The predicted octanol–water partition coefficient (Wildman–Crippen LogP) is 1.93. The second kappa shape index (κ2) is 5.93. The summed E-state index contributed by atoms with van der Waals surface area (Å²) in [7, 11) is 2.64. The van der Waals surface area contributed by atoms with Gasteiger partial charge in [-0.1, -0.05) is 6.07 Å². The molecule has 9 nitrogen and oxygen atoms in total. The highest BCUT2D eigenvalue weighted by molar-refractivity contribution is 6.01. The van der Waals surface area contributed by atoms with Gasteiger partial charge in [-0.25, -0.2) is 9.59 Å². The van der Waals surface area contributed by atoms with Crippen molar-refractivity contribution >= 4 is 17.7 Å². The molecule has 1 aromatic rings. The highest BCUT2D eigenvalue weighted by atomic mass is 16.7. The average Bonchev–Trinajstić information content (AvgIpc) is 3.52. The fourth-order valence-corrected chi connectivity index (χ4v) is 9.15. The number of carbonyl (C=O) groups is 2. The molecule has 33 heavy (non-hydrogen) atoms. The fourth-order valence-electron chi connectivity index (χ4n) is 9.15. The zero-order valence-corrected chi connectivity index (χ0v) is 18.9. The normalized spacial score (nSPS) is 41.4.